The van der Waals surface area contributed by atoms with Crippen LogP contribution in [0, 0.1) is 0 Å². The third-order valence-corrected chi connectivity index (χ3v) is 2.94. The molecule has 1 amide bonds. The number of rotatable bonds is 8. The zero-order valence-corrected chi connectivity index (χ0v) is 12.0. The fraction of sp³-hybridized carbons (Fsp3) is 0.467. The van der Waals surface area contributed by atoms with Gasteiger partial charge in [0.1, 0.15) is 0 Å². The number of carboxylic acid groups (broad SMARTS) is 1. The van der Waals surface area contributed by atoms with Gasteiger partial charge in [0.05, 0.1) is 19.1 Å². The molecule has 1 unspecified atom stereocenters. The summed E-state index contributed by atoms with van der Waals surface area (Å²) in [4.78, 5) is 24.3. The topological polar surface area (TPSA) is 69.6 Å². The molecule has 0 bridgehead atoms. The summed E-state index contributed by atoms with van der Waals surface area (Å²) in [7, 11) is 0. The first-order valence-electron chi connectivity index (χ1n) is 6.81. The Morgan fingerprint density at radius 1 is 1.25 bits per heavy atom. The van der Waals surface area contributed by atoms with Gasteiger partial charge >= 0.3 is 5.97 Å². The molecular formula is C15H22N2O3. The number of amides is 1. The van der Waals surface area contributed by atoms with Gasteiger partial charge in [-0.3, -0.25) is 14.5 Å². The van der Waals surface area contributed by atoms with Crippen LogP contribution in [0.4, 0.5) is 0 Å². The largest absolute Gasteiger partial charge is 0.480 e. The molecule has 0 heterocycles. The number of hydrogen-bond acceptors (Lipinski definition) is 3. The zero-order chi connectivity index (χ0) is 15.0. The molecule has 2 N–H and O–H groups in total. The molecule has 0 fully saturated rings. The van der Waals surface area contributed by atoms with E-state index in [0.717, 1.165) is 12.0 Å². The summed E-state index contributed by atoms with van der Waals surface area (Å²) in [6, 6.07) is 9.58. The van der Waals surface area contributed by atoms with Crippen molar-refractivity contribution in [2.45, 2.75) is 26.3 Å². The van der Waals surface area contributed by atoms with E-state index in [1.165, 1.54) is 0 Å². The van der Waals surface area contributed by atoms with E-state index >= 15 is 0 Å². The number of carboxylic acids is 1. The predicted molar refractivity (Wildman–Crippen MR) is 77.4 cm³/mol. The van der Waals surface area contributed by atoms with E-state index < -0.39 is 5.97 Å². The first-order valence-corrected chi connectivity index (χ1v) is 6.81. The first kappa shape index (κ1) is 16.2. The van der Waals surface area contributed by atoms with Gasteiger partial charge in [-0.25, -0.2) is 0 Å². The molecule has 1 rings (SSSR count). The molecule has 5 heteroatoms. The normalized spacial score (nSPS) is 12.2. The number of carbonyl (C=O) groups excluding carboxylic acids is 1. The number of nitrogens with zero attached hydrogens (tertiary/aromatic N) is 1. The molecular weight excluding hydrogens is 256 g/mol. The SMILES string of the molecule is CCCN(CC(=O)O)CC(=O)NC(C)c1ccccc1. The van der Waals surface area contributed by atoms with Crippen molar-refractivity contribution in [3.8, 4) is 0 Å². The summed E-state index contributed by atoms with van der Waals surface area (Å²) >= 11 is 0. The Kier molecular flexibility index (Phi) is 6.73. The fourth-order valence-corrected chi connectivity index (χ4v) is 2.04. The highest BCUT2D eigenvalue weighted by atomic mass is 16.4. The minimum absolute atomic E-state index is 0.0861. The summed E-state index contributed by atoms with van der Waals surface area (Å²) in [6.07, 6.45) is 0.814. The smallest absolute Gasteiger partial charge is 0.317 e. The van der Waals surface area contributed by atoms with Crippen molar-refractivity contribution in [3.05, 3.63) is 35.9 Å². The van der Waals surface area contributed by atoms with Crippen LogP contribution >= 0.6 is 0 Å². The maximum absolute atomic E-state index is 11.9. The van der Waals surface area contributed by atoms with Crippen LogP contribution < -0.4 is 5.32 Å². The Labute approximate surface area is 119 Å². The molecule has 1 aromatic carbocycles. The highest BCUT2D eigenvalue weighted by Gasteiger charge is 2.15. The Morgan fingerprint density at radius 3 is 2.45 bits per heavy atom. The highest BCUT2D eigenvalue weighted by molar-refractivity contribution is 5.79. The molecule has 0 spiro atoms. The summed E-state index contributed by atoms with van der Waals surface area (Å²) in [5.41, 5.74) is 1.03. The summed E-state index contributed by atoms with van der Waals surface area (Å²) in [6.45, 7) is 4.46. The van der Waals surface area contributed by atoms with Crippen molar-refractivity contribution in [1.82, 2.24) is 10.2 Å². The second-order valence-electron chi connectivity index (χ2n) is 4.80. The fourth-order valence-electron chi connectivity index (χ4n) is 2.04. The second-order valence-corrected chi connectivity index (χ2v) is 4.80. The molecule has 5 nitrogen and oxygen atoms in total. The Balaban J connectivity index is 2.50. The van der Waals surface area contributed by atoms with Crippen LogP contribution in [0.2, 0.25) is 0 Å². The number of carbonyl (C=O) groups is 2. The van der Waals surface area contributed by atoms with Crippen LogP contribution in [-0.4, -0.2) is 41.5 Å². The number of nitrogens with one attached hydrogen (secondary N) is 1. The molecule has 1 aromatic rings. The van der Waals surface area contributed by atoms with Crippen LogP contribution in [0.1, 0.15) is 31.9 Å². The number of hydrogen-bond donors (Lipinski definition) is 2. The van der Waals surface area contributed by atoms with Gasteiger partial charge in [-0.2, -0.15) is 0 Å². The van der Waals surface area contributed by atoms with Crippen molar-refractivity contribution >= 4 is 11.9 Å². The molecule has 0 aliphatic carbocycles. The van der Waals surface area contributed by atoms with Gasteiger partial charge in [0, 0.05) is 0 Å². The molecule has 0 aliphatic heterocycles. The predicted octanol–water partition coefficient (Wildman–Crippen LogP) is 1.66. The molecule has 110 valence electrons. The molecule has 20 heavy (non-hydrogen) atoms. The average Bonchev–Trinajstić information content (AvgIpc) is 2.39. The molecule has 0 aromatic heterocycles. The van der Waals surface area contributed by atoms with E-state index in [1.54, 1.807) is 4.90 Å². The van der Waals surface area contributed by atoms with E-state index in [2.05, 4.69) is 5.32 Å². The molecule has 0 radical (unpaired) electrons. The number of aliphatic carboxylic acids is 1. The maximum atomic E-state index is 11.9. The second kappa shape index (κ2) is 8.32. The first-order chi connectivity index (χ1) is 9.52. The minimum Gasteiger partial charge on any atom is -0.480 e. The van der Waals surface area contributed by atoms with Gasteiger partial charge in [0.2, 0.25) is 5.91 Å². The summed E-state index contributed by atoms with van der Waals surface area (Å²) in [5.74, 6) is -1.07. The minimum atomic E-state index is -0.914. The summed E-state index contributed by atoms with van der Waals surface area (Å²) < 4.78 is 0. The lowest BCUT2D eigenvalue weighted by Crippen LogP contribution is -2.40. The third kappa shape index (κ3) is 5.84. The van der Waals surface area contributed by atoms with Crippen molar-refractivity contribution in [2.24, 2.45) is 0 Å². The maximum Gasteiger partial charge on any atom is 0.317 e. The van der Waals surface area contributed by atoms with E-state index in [4.69, 9.17) is 5.11 Å². The van der Waals surface area contributed by atoms with Gasteiger partial charge in [-0.1, -0.05) is 37.3 Å². The highest BCUT2D eigenvalue weighted by Crippen LogP contribution is 2.10. The third-order valence-electron chi connectivity index (χ3n) is 2.94. The van der Waals surface area contributed by atoms with Crippen LogP contribution in [0.5, 0.6) is 0 Å². The Hall–Kier alpha value is -1.88. The van der Waals surface area contributed by atoms with Gasteiger partial charge in [-0.15, -0.1) is 0 Å². The Morgan fingerprint density at radius 2 is 1.90 bits per heavy atom. The van der Waals surface area contributed by atoms with Gasteiger partial charge in [-0.05, 0) is 25.5 Å². The quantitative estimate of drug-likeness (QED) is 0.759. The van der Waals surface area contributed by atoms with E-state index in [9.17, 15) is 9.59 Å². The van der Waals surface area contributed by atoms with E-state index in [-0.39, 0.29) is 25.0 Å². The Bertz CT molecular complexity index is 434. The van der Waals surface area contributed by atoms with E-state index in [0.29, 0.717) is 6.54 Å². The van der Waals surface area contributed by atoms with Crippen molar-refractivity contribution in [1.29, 1.82) is 0 Å². The van der Waals surface area contributed by atoms with Crippen molar-refractivity contribution in [2.75, 3.05) is 19.6 Å². The van der Waals surface area contributed by atoms with Crippen LogP contribution in [0.15, 0.2) is 30.3 Å². The molecule has 0 saturated carbocycles. The van der Waals surface area contributed by atoms with Gasteiger partial charge in [0.25, 0.3) is 0 Å². The van der Waals surface area contributed by atoms with Crippen LogP contribution in [0.3, 0.4) is 0 Å². The molecule has 1 atom stereocenters. The standard InChI is InChI=1S/C15H22N2O3/c1-3-9-17(11-15(19)20)10-14(18)16-12(2)13-7-5-4-6-8-13/h4-8,12H,3,9-11H2,1-2H3,(H,16,18)(H,19,20). The zero-order valence-electron chi connectivity index (χ0n) is 12.0. The monoisotopic (exact) mass is 278 g/mol. The van der Waals surface area contributed by atoms with Crippen LogP contribution in [-0.2, 0) is 9.59 Å². The molecule has 0 saturated heterocycles. The van der Waals surface area contributed by atoms with E-state index in [1.807, 2.05) is 44.2 Å². The van der Waals surface area contributed by atoms with Crippen molar-refractivity contribution < 1.29 is 14.7 Å². The molecule has 0 aliphatic rings. The lowest BCUT2D eigenvalue weighted by atomic mass is 10.1. The van der Waals surface area contributed by atoms with Crippen molar-refractivity contribution in [3.63, 3.8) is 0 Å². The van der Waals surface area contributed by atoms with Gasteiger partial charge < -0.3 is 10.4 Å². The lowest BCUT2D eigenvalue weighted by molar-refractivity contribution is -0.138. The average molecular weight is 278 g/mol. The van der Waals surface area contributed by atoms with Gasteiger partial charge in [0.15, 0.2) is 0 Å². The lowest BCUT2D eigenvalue weighted by Gasteiger charge is -2.21. The number of benzene rings is 1. The summed E-state index contributed by atoms with van der Waals surface area (Å²) in [5, 5.41) is 11.7. The van der Waals surface area contributed by atoms with Crippen LogP contribution in [0.25, 0.3) is 0 Å².